The molecule has 2 N–H and O–H groups in total. The highest BCUT2D eigenvalue weighted by molar-refractivity contribution is 6.04. The number of benzene rings is 2. The maximum atomic E-state index is 12.4. The molecule has 7 heteroatoms. The molecular weight excluding hydrogens is 412 g/mol. The van der Waals surface area contributed by atoms with Gasteiger partial charge >= 0.3 is 0 Å². The number of aryl methyl sites for hydroxylation is 2. The summed E-state index contributed by atoms with van der Waals surface area (Å²) in [6.45, 7) is 4.74. The Kier molecular flexibility index (Phi) is 7.19. The lowest BCUT2D eigenvalue weighted by atomic mass is 10.0. The number of hydrogen-bond acceptors (Lipinski definition) is 7. The first kappa shape index (κ1) is 22.3. The zero-order valence-corrected chi connectivity index (χ0v) is 19.0. The molecule has 0 aliphatic carbocycles. The van der Waals surface area contributed by atoms with Gasteiger partial charge in [0.05, 0.1) is 6.54 Å². The number of anilines is 3. The zero-order chi connectivity index (χ0) is 23.0. The number of ketones is 1. The Balaban J connectivity index is 1.36. The normalized spacial score (nSPS) is 12.8. The van der Waals surface area contributed by atoms with Gasteiger partial charge in [0.25, 0.3) is 0 Å². The van der Waals surface area contributed by atoms with Crippen molar-refractivity contribution in [1.82, 2.24) is 15.0 Å². The summed E-state index contributed by atoms with van der Waals surface area (Å²) in [6.07, 6.45) is 4.43. The highest BCUT2D eigenvalue weighted by Crippen LogP contribution is 2.17. The molecule has 33 heavy (non-hydrogen) atoms. The first-order chi connectivity index (χ1) is 16.1. The van der Waals surface area contributed by atoms with Gasteiger partial charge in [0.15, 0.2) is 0 Å². The number of carbonyl (C=O) groups excluding carboxylic acids is 1. The number of nitrogens with one attached hydrogen (secondary N) is 2. The predicted molar refractivity (Wildman–Crippen MR) is 132 cm³/mol. The molecule has 0 atom stereocenters. The van der Waals surface area contributed by atoms with E-state index < -0.39 is 0 Å². The van der Waals surface area contributed by atoms with Gasteiger partial charge in [-0.25, -0.2) is 0 Å². The second kappa shape index (κ2) is 10.6. The molecule has 0 amide bonds. The van der Waals surface area contributed by atoms with Crippen LogP contribution in [-0.4, -0.2) is 33.1 Å². The average molecular weight is 441 g/mol. The lowest BCUT2D eigenvalue weighted by Crippen LogP contribution is -2.13. The van der Waals surface area contributed by atoms with Crippen molar-refractivity contribution < 1.29 is 4.79 Å². The van der Waals surface area contributed by atoms with E-state index in [2.05, 4.69) is 42.7 Å². The van der Waals surface area contributed by atoms with Crippen LogP contribution in [0.4, 0.5) is 17.6 Å². The van der Waals surface area contributed by atoms with Gasteiger partial charge in [0, 0.05) is 24.9 Å². The van der Waals surface area contributed by atoms with E-state index in [-0.39, 0.29) is 5.78 Å². The number of Topliss-reactive ketones (excluding diaryl/α,β-unsaturated/α-hetero) is 1. The highest BCUT2D eigenvalue weighted by Gasteiger charge is 2.10. The molecule has 0 saturated heterocycles. The molecule has 2 aromatic carbocycles. The highest BCUT2D eigenvalue weighted by atomic mass is 16.1. The minimum atomic E-state index is 0.236. The Morgan fingerprint density at radius 2 is 1.64 bits per heavy atom. The minimum absolute atomic E-state index is 0.236. The lowest BCUT2D eigenvalue weighted by Gasteiger charge is -2.10. The molecule has 0 bridgehead atoms. The molecule has 1 aliphatic heterocycles. The van der Waals surface area contributed by atoms with Gasteiger partial charge in [0.2, 0.25) is 11.9 Å². The molecule has 168 valence electrons. The molecule has 7 nitrogen and oxygen atoms in total. The molecule has 0 spiro atoms. The summed E-state index contributed by atoms with van der Waals surface area (Å²) in [5.41, 5.74) is 4.23. The first-order valence-corrected chi connectivity index (χ1v) is 11.2. The maximum Gasteiger partial charge on any atom is 0.233 e. The molecule has 0 fully saturated rings. The summed E-state index contributed by atoms with van der Waals surface area (Å²) in [5, 5.41) is 6.40. The third-order valence-electron chi connectivity index (χ3n) is 5.27. The fourth-order valence-electron chi connectivity index (χ4n) is 3.49. The predicted octanol–water partition coefficient (Wildman–Crippen LogP) is 4.69. The van der Waals surface area contributed by atoms with Crippen LogP contribution in [0.5, 0.6) is 0 Å². The van der Waals surface area contributed by atoms with Crippen LogP contribution in [0.25, 0.3) is 0 Å². The van der Waals surface area contributed by atoms with Crippen molar-refractivity contribution in [2.75, 3.05) is 17.2 Å². The summed E-state index contributed by atoms with van der Waals surface area (Å²) in [4.78, 5) is 30.2. The van der Waals surface area contributed by atoms with Crippen LogP contribution >= 0.6 is 0 Å². The monoisotopic (exact) mass is 440 g/mol. The Morgan fingerprint density at radius 3 is 2.30 bits per heavy atom. The summed E-state index contributed by atoms with van der Waals surface area (Å²) in [6, 6.07) is 17.9. The second-order valence-corrected chi connectivity index (χ2v) is 8.09. The summed E-state index contributed by atoms with van der Waals surface area (Å²) >= 11 is 0. The van der Waals surface area contributed by atoms with E-state index >= 15 is 0 Å². The van der Waals surface area contributed by atoms with E-state index in [0.717, 1.165) is 23.5 Å². The topological polar surface area (TPSA) is 92.2 Å². The number of nitrogens with zero attached hydrogens (tertiary/aromatic N) is 4. The molecule has 0 saturated carbocycles. The quantitative estimate of drug-likeness (QED) is 0.501. The lowest BCUT2D eigenvalue weighted by molar-refractivity contribution is -0.118. The fourth-order valence-corrected chi connectivity index (χ4v) is 3.49. The zero-order valence-electron chi connectivity index (χ0n) is 19.0. The molecule has 1 aromatic heterocycles. The molecule has 0 radical (unpaired) electrons. The van der Waals surface area contributed by atoms with Crippen molar-refractivity contribution in [1.29, 1.82) is 0 Å². The van der Waals surface area contributed by atoms with Gasteiger partial charge in [-0.3, -0.25) is 9.79 Å². The molecule has 2 heterocycles. The number of rotatable bonds is 9. The second-order valence-electron chi connectivity index (χ2n) is 8.09. The van der Waals surface area contributed by atoms with Crippen molar-refractivity contribution >= 4 is 29.2 Å². The number of aliphatic imine (C=N–C) groups is 1. The smallest absolute Gasteiger partial charge is 0.233 e. The van der Waals surface area contributed by atoms with Crippen molar-refractivity contribution in [2.45, 2.75) is 39.5 Å². The van der Waals surface area contributed by atoms with Gasteiger partial charge in [-0.2, -0.15) is 15.0 Å². The van der Waals surface area contributed by atoms with E-state index in [4.69, 9.17) is 0 Å². The van der Waals surface area contributed by atoms with Crippen LogP contribution < -0.4 is 10.6 Å². The summed E-state index contributed by atoms with van der Waals surface area (Å²) in [7, 11) is 0. The van der Waals surface area contributed by atoms with Crippen LogP contribution in [0.3, 0.4) is 0 Å². The number of aromatic nitrogens is 3. The summed E-state index contributed by atoms with van der Waals surface area (Å²) < 4.78 is 0. The molecular formula is C26H28N6O. The van der Waals surface area contributed by atoms with Crippen molar-refractivity contribution in [3.63, 3.8) is 0 Å². The van der Waals surface area contributed by atoms with Gasteiger partial charge < -0.3 is 10.6 Å². The Bertz CT molecular complexity index is 1170. The third-order valence-corrected chi connectivity index (χ3v) is 5.27. The average Bonchev–Trinajstić information content (AvgIpc) is 3.24. The van der Waals surface area contributed by atoms with Gasteiger partial charge in [-0.05, 0) is 48.3 Å². The third kappa shape index (κ3) is 6.55. The standard InChI is InChI=1S/C26H28N6O/c1-3-23-29-25(32-26(30-23)31-24-15-18(2)17-27-24)28-21-12-9-20(10-13-21)16-22(33)14-11-19-7-5-4-6-8-19/h4-10,12-13,15H,3,11,14,16-17H2,1-2H3,(H2,27,28,29,30,31,32). The van der Waals surface area contributed by atoms with Crippen molar-refractivity contribution in [3.8, 4) is 0 Å². The minimum Gasteiger partial charge on any atom is -0.324 e. The van der Waals surface area contributed by atoms with E-state index in [1.54, 1.807) is 0 Å². The van der Waals surface area contributed by atoms with Crippen LogP contribution in [0.2, 0.25) is 0 Å². The van der Waals surface area contributed by atoms with Crippen LogP contribution in [-0.2, 0) is 24.1 Å². The Hall–Kier alpha value is -3.87. The number of carbonyl (C=O) groups is 1. The Morgan fingerprint density at radius 1 is 0.909 bits per heavy atom. The maximum absolute atomic E-state index is 12.4. The SMILES string of the molecule is CCc1nc(NC2=NCC(C)=C2)nc(Nc2ccc(CC(=O)CCc3ccccc3)cc2)n1. The van der Waals surface area contributed by atoms with Crippen LogP contribution in [0.1, 0.15) is 37.2 Å². The van der Waals surface area contributed by atoms with Gasteiger partial charge in [-0.15, -0.1) is 0 Å². The Labute approximate surface area is 194 Å². The molecule has 4 rings (SSSR count). The van der Waals surface area contributed by atoms with Crippen molar-refractivity contribution in [3.05, 3.63) is 83.2 Å². The number of amidine groups is 1. The van der Waals surface area contributed by atoms with Gasteiger partial charge in [-0.1, -0.05) is 49.4 Å². The molecule has 1 aliphatic rings. The van der Waals surface area contributed by atoms with Crippen LogP contribution in [0.15, 0.2) is 71.2 Å². The molecule has 0 unspecified atom stereocenters. The van der Waals surface area contributed by atoms with Gasteiger partial charge in [0.1, 0.15) is 17.4 Å². The largest absolute Gasteiger partial charge is 0.324 e. The fraction of sp³-hybridized carbons (Fsp3) is 0.269. The van der Waals surface area contributed by atoms with E-state index in [1.807, 2.05) is 62.4 Å². The molecule has 3 aromatic rings. The van der Waals surface area contributed by atoms with Crippen molar-refractivity contribution in [2.24, 2.45) is 4.99 Å². The first-order valence-electron chi connectivity index (χ1n) is 11.2. The van der Waals surface area contributed by atoms with E-state index in [1.165, 1.54) is 11.1 Å². The van der Waals surface area contributed by atoms with Crippen LogP contribution in [0, 0.1) is 0 Å². The summed E-state index contributed by atoms with van der Waals surface area (Å²) in [5.74, 6) is 2.62. The number of hydrogen-bond donors (Lipinski definition) is 2. The van der Waals surface area contributed by atoms with E-state index in [0.29, 0.717) is 43.5 Å². The van der Waals surface area contributed by atoms with E-state index in [9.17, 15) is 4.79 Å².